The predicted molar refractivity (Wildman–Crippen MR) is 151 cm³/mol. The van der Waals surface area contributed by atoms with Crippen LogP contribution in [0.25, 0.3) is 0 Å². The van der Waals surface area contributed by atoms with Gasteiger partial charge in [0.1, 0.15) is 5.60 Å². The van der Waals surface area contributed by atoms with Crippen molar-refractivity contribution in [2.24, 2.45) is 0 Å². The van der Waals surface area contributed by atoms with Gasteiger partial charge in [-0.15, -0.1) is 0 Å². The van der Waals surface area contributed by atoms with Gasteiger partial charge in [-0.2, -0.15) is 0 Å². The molecule has 0 aliphatic rings. The van der Waals surface area contributed by atoms with Gasteiger partial charge in [-0.05, 0) is 86.8 Å². The standard InChI is InChI=1S/C30H35ClN2O6/c1-21(34)38-39-27-15-13-26(14-16-27)32(5)25-11-9-22(10-12-25)17-18-33(29(36)37-30(2,3)4)20-28(35)23-7-6-8-24(31)19-23/h6-16,19,28,35H,17-18,20H2,1-5H3/t28-/m0/s1. The van der Waals surface area contributed by atoms with Gasteiger partial charge in [0.05, 0.1) is 12.6 Å². The number of ether oxygens (including phenoxy) is 1. The molecule has 0 saturated heterocycles. The van der Waals surface area contributed by atoms with Crippen molar-refractivity contribution < 1.29 is 29.2 Å². The minimum Gasteiger partial charge on any atom is -0.444 e. The summed E-state index contributed by atoms with van der Waals surface area (Å²) in [6.07, 6.45) is -0.813. The molecule has 0 spiro atoms. The molecule has 0 bridgehead atoms. The fourth-order valence-electron chi connectivity index (χ4n) is 3.74. The Kier molecular flexibility index (Phi) is 10.2. The fourth-order valence-corrected chi connectivity index (χ4v) is 3.94. The van der Waals surface area contributed by atoms with Crippen LogP contribution in [0.15, 0.2) is 72.8 Å². The number of hydrogen-bond acceptors (Lipinski definition) is 7. The quantitative estimate of drug-likeness (QED) is 0.227. The number of carbonyl (C=O) groups is 2. The first-order valence-corrected chi connectivity index (χ1v) is 13.0. The van der Waals surface area contributed by atoms with E-state index in [2.05, 4.69) is 4.89 Å². The summed E-state index contributed by atoms with van der Waals surface area (Å²) in [5, 5.41) is 11.3. The van der Waals surface area contributed by atoms with Crippen LogP contribution in [0.1, 0.15) is 44.9 Å². The molecule has 0 aromatic heterocycles. The molecule has 0 unspecified atom stereocenters. The van der Waals surface area contributed by atoms with Crippen molar-refractivity contribution in [1.29, 1.82) is 0 Å². The lowest BCUT2D eigenvalue weighted by molar-refractivity contribution is -0.210. The molecule has 8 nitrogen and oxygen atoms in total. The van der Waals surface area contributed by atoms with E-state index in [-0.39, 0.29) is 6.54 Å². The van der Waals surface area contributed by atoms with Gasteiger partial charge < -0.3 is 19.6 Å². The number of nitrogens with zero attached hydrogens (tertiary/aromatic N) is 2. The summed E-state index contributed by atoms with van der Waals surface area (Å²) in [5.41, 5.74) is 2.89. The first-order chi connectivity index (χ1) is 18.4. The molecular weight excluding hydrogens is 520 g/mol. The Morgan fingerprint density at radius 2 is 1.59 bits per heavy atom. The summed E-state index contributed by atoms with van der Waals surface area (Å²) >= 11 is 6.08. The van der Waals surface area contributed by atoms with E-state index in [4.69, 9.17) is 21.2 Å². The maximum Gasteiger partial charge on any atom is 0.410 e. The minimum atomic E-state index is -0.905. The Labute approximate surface area is 234 Å². The van der Waals surface area contributed by atoms with Crippen molar-refractivity contribution in [3.8, 4) is 5.75 Å². The first-order valence-electron chi connectivity index (χ1n) is 12.6. The Bertz CT molecular complexity index is 1240. The first kappa shape index (κ1) is 29.8. The molecule has 39 heavy (non-hydrogen) atoms. The second kappa shape index (κ2) is 13.4. The van der Waals surface area contributed by atoms with Gasteiger partial charge in [0.15, 0.2) is 5.75 Å². The van der Waals surface area contributed by atoms with Crippen LogP contribution in [-0.4, -0.2) is 47.8 Å². The van der Waals surface area contributed by atoms with E-state index < -0.39 is 23.8 Å². The molecule has 208 valence electrons. The number of amides is 1. The van der Waals surface area contributed by atoms with Crippen molar-refractivity contribution in [3.05, 3.63) is 88.9 Å². The van der Waals surface area contributed by atoms with Crippen molar-refractivity contribution in [3.63, 3.8) is 0 Å². The predicted octanol–water partition coefficient (Wildman–Crippen LogP) is 6.48. The molecule has 0 heterocycles. The van der Waals surface area contributed by atoms with Gasteiger partial charge in [-0.3, -0.25) is 9.78 Å². The van der Waals surface area contributed by atoms with Gasteiger partial charge in [-0.25, -0.2) is 9.59 Å². The van der Waals surface area contributed by atoms with Gasteiger partial charge in [0, 0.05) is 36.9 Å². The largest absolute Gasteiger partial charge is 0.444 e. The van der Waals surface area contributed by atoms with Crippen LogP contribution >= 0.6 is 11.6 Å². The zero-order valence-corrected chi connectivity index (χ0v) is 23.6. The molecule has 1 amide bonds. The highest BCUT2D eigenvalue weighted by Gasteiger charge is 2.24. The summed E-state index contributed by atoms with van der Waals surface area (Å²) in [5.74, 6) is -0.101. The highest BCUT2D eigenvalue weighted by molar-refractivity contribution is 6.30. The van der Waals surface area contributed by atoms with Crippen molar-refractivity contribution in [2.75, 3.05) is 25.0 Å². The average Bonchev–Trinajstić information content (AvgIpc) is 2.89. The lowest BCUT2D eigenvalue weighted by Crippen LogP contribution is -2.40. The lowest BCUT2D eigenvalue weighted by atomic mass is 10.1. The number of anilines is 2. The second-order valence-corrected chi connectivity index (χ2v) is 10.6. The van der Waals surface area contributed by atoms with Gasteiger partial charge in [0.25, 0.3) is 0 Å². The molecule has 0 saturated carbocycles. The third-order valence-corrected chi connectivity index (χ3v) is 5.99. The Hall–Kier alpha value is -3.75. The summed E-state index contributed by atoms with van der Waals surface area (Å²) in [4.78, 5) is 36.9. The molecule has 0 fully saturated rings. The Balaban J connectivity index is 1.65. The van der Waals surface area contributed by atoms with Crippen LogP contribution in [0.3, 0.4) is 0 Å². The maximum atomic E-state index is 12.9. The molecule has 0 aliphatic carbocycles. The van der Waals surface area contributed by atoms with E-state index in [1.165, 1.54) is 11.8 Å². The van der Waals surface area contributed by atoms with Crippen LogP contribution in [0.5, 0.6) is 5.75 Å². The van der Waals surface area contributed by atoms with Crippen LogP contribution in [0, 0.1) is 0 Å². The van der Waals surface area contributed by atoms with Gasteiger partial charge in [0.2, 0.25) is 0 Å². The fraction of sp³-hybridized carbons (Fsp3) is 0.333. The zero-order valence-electron chi connectivity index (χ0n) is 22.9. The average molecular weight is 555 g/mol. The maximum absolute atomic E-state index is 12.9. The van der Waals surface area contributed by atoms with E-state index in [1.807, 2.05) is 69.1 Å². The molecule has 0 radical (unpaired) electrons. The zero-order chi connectivity index (χ0) is 28.6. The normalized spacial score (nSPS) is 11.9. The molecular formula is C30H35ClN2O6. The topological polar surface area (TPSA) is 88.5 Å². The minimum absolute atomic E-state index is 0.0766. The molecule has 3 aromatic rings. The summed E-state index contributed by atoms with van der Waals surface area (Å²) in [7, 11) is 1.94. The smallest absolute Gasteiger partial charge is 0.410 e. The van der Waals surface area contributed by atoms with E-state index in [1.54, 1.807) is 36.4 Å². The number of rotatable bonds is 10. The van der Waals surface area contributed by atoms with Crippen molar-refractivity contribution in [1.82, 2.24) is 4.90 Å². The number of hydrogen-bond donors (Lipinski definition) is 1. The van der Waals surface area contributed by atoms with Crippen molar-refractivity contribution in [2.45, 2.75) is 45.8 Å². The molecule has 3 aromatic carbocycles. The molecule has 1 atom stereocenters. The number of halogens is 1. The van der Waals surface area contributed by atoms with Gasteiger partial charge >= 0.3 is 12.1 Å². The summed E-state index contributed by atoms with van der Waals surface area (Å²) in [6, 6.07) is 22.1. The molecule has 3 rings (SSSR count). The Morgan fingerprint density at radius 3 is 2.15 bits per heavy atom. The SMILES string of the molecule is CC(=O)OOc1ccc(N(C)c2ccc(CCN(C[C@H](O)c3cccc(Cl)c3)C(=O)OC(C)(C)C)cc2)cc1. The summed E-state index contributed by atoms with van der Waals surface area (Å²) in [6.45, 7) is 7.15. The highest BCUT2D eigenvalue weighted by atomic mass is 35.5. The number of aliphatic hydroxyl groups is 1. The third kappa shape index (κ3) is 9.50. The molecule has 0 aliphatic heterocycles. The van der Waals surface area contributed by atoms with Gasteiger partial charge in [-0.1, -0.05) is 35.9 Å². The van der Waals surface area contributed by atoms with Crippen molar-refractivity contribution >= 4 is 35.0 Å². The summed E-state index contributed by atoms with van der Waals surface area (Å²) < 4.78 is 5.59. The van der Waals surface area contributed by atoms with E-state index in [9.17, 15) is 14.7 Å². The Morgan fingerprint density at radius 1 is 0.974 bits per heavy atom. The van der Waals surface area contributed by atoms with E-state index >= 15 is 0 Å². The number of benzene rings is 3. The molecule has 1 N–H and O–H groups in total. The van der Waals surface area contributed by atoms with E-state index in [0.717, 1.165) is 16.9 Å². The second-order valence-electron chi connectivity index (χ2n) is 10.1. The lowest BCUT2D eigenvalue weighted by Gasteiger charge is -2.29. The third-order valence-electron chi connectivity index (χ3n) is 5.75. The van der Waals surface area contributed by atoms with E-state index in [0.29, 0.717) is 29.3 Å². The molecule has 9 heteroatoms. The van der Waals surface area contributed by atoms with Crippen LogP contribution < -0.4 is 9.79 Å². The monoisotopic (exact) mass is 554 g/mol. The highest BCUT2D eigenvalue weighted by Crippen LogP contribution is 2.26. The number of aliphatic hydroxyl groups excluding tert-OH is 1. The van der Waals surface area contributed by atoms with Crippen LogP contribution in [0.4, 0.5) is 16.2 Å². The van der Waals surface area contributed by atoms with Crippen LogP contribution in [-0.2, 0) is 20.8 Å². The number of carbonyl (C=O) groups excluding carboxylic acids is 2. The van der Waals surface area contributed by atoms with Crippen LogP contribution in [0.2, 0.25) is 5.02 Å².